The van der Waals surface area contributed by atoms with Crippen LogP contribution in [0.15, 0.2) is 24.3 Å². The van der Waals surface area contributed by atoms with Crippen LogP contribution in [0.25, 0.3) is 0 Å². The molecule has 0 saturated carbocycles. The molecule has 0 fully saturated rings. The lowest BCUT2D eigenvalue weighted by Crippen LogP contribution is -2.43. The zero-order valence-corrected chi connectivity index (χ0v) is 11.7. The van der Waals surface area contributed by atoms with Gasteiger partial charge in [0.25, 0.3) is 12.3 Å². The molecule has 1 rings (SSSR count). The first-order valence-electron chi connectivity index (χ1n) is 6.45. The molecule has 0 aliphatic rings. The van der Waals surface area contributed by atoms with Gasteiger partial charge in [-0.25, -0.2) is 8.78 Å². The Kier molecular flexibility index (Phi) is 6.74. The zero-order valence-electron chi connectivity index (χ0n) is 11.7. The van der Waals surface area contributed by atoms with Gasteiger partial charge in [0.05, 0.1) is 19.7 Å². The van der Waals surface area contributed by atoms with Crippen LogP contribution in [0.4, 0.5) is 8.78 Å². The number of amides is 2. The van der Waals surface area contributed by atoms with E-state index in [4.69, 9.17) is 5.11 Å². The molecule has 0 bridgehead atoms. The highest BCUT2D eigenvalue weighted by molar-refractivity contribution is 5.96. The Hall–Kier alpha value is -2.02. The highest BCUT2D eigenvalue weighted by Crippen LogP contribution is 2.03. The van der Waals surface area contributed by atoms with Gasteiger partial charge >= 0.3 is 0 Å². The zero-order chi connectivity index (χ0) is 15.8. The van der Waals surface area contributed by atoms with Crippen molar-refractivity contribution in [1.82, 2.24) is 10.2 Å². The van der Waals surface area contributed by atoms with Gasteiger partial charge in [-0.15, -0.1) is 0 Å². The summed E-state index contributed by atoms with van der Waals surface area (Å²) in [5.74, 6) is -1.12. The minimum atomic E-state index is -2.69. The van der Waals surface area contributed by atoms with Crippen molar-refractivity contribution in [3.8, 4) is 0 Å². The first-order chi connectivity index (χ1) is 9.93. The third-order valence-corrected chi connectivity index (χ3v) is 2.79. The standard InChI is InChI=1S/C14H18F2N2O3/c1-10-2-4-11(5-3-10)14(21)17-8-13(20)18(6-7-19)9-12(15)16/h2-5,12,19H,6-9H2,1H3,(H,17,21). The summed E-state index contributed by atoms with van der Waals surface area (Å²) in [7, 11) is 0. The van der Waals surface area contributed by atoms with E-state index in [1.165, 1.54) is 0 Å². The fourth-order valence-corrected chi connectivity index (χ4v) is 1.68. The summed E-state index contributed by atoms with van der Waals surface area (Å²) in [6, 6.07) is 6.73. The molecule has 2 N–H and O–H groups in total. The lowest BCUT2D eigenvalue weighted by molar-refractivity contribution is -0.132. The normalized spacial score (nSPS) is 10.5. The Bertz CT molecular complexity index is 478. The largest absolute Gasteiger partial charge is 0.395 e. The van der Waals surface area contributed by atoms with Crippen LogP contribution in [-0.4, -0.2) is 54.5 Å². The van der Waals surface area contributed by atoms with Gasteiger partial charge in [0, 0.05) is 12.1 Å². The molecule has 0 radical (unpaired) electrons. The molecule has 0 atom stereocenters. The monoisotopic (exact) mass is 300 g/mol. The van der Waals surface area contributed by atoms with E-state index >= 15 is 0 Å². The van der Waals surface area contributed by atoms with Gasteiger partial charge in [-0.2, -0.15) is 0 Å². The Morgan fingerprint density at radius 1 is 1.29 bits per heavy atom. The van der Waals surface area contributed by atoms with E-state index < -0.39 is 31.4 Å². The Morgan fingerprint density at radius 2 is 1.90 bits per heavy atom. The molecule has 7 heteroatoms. The molecule has 0 aromatic heterocycles. The van der Waals surface area contributed by atoms with Gasteiger partial charge in [-0.3, -0.25) is 9.59 Å². The molecule has 1 aromatic rings. The maximum absolute atomic E-state index is 12.3. The predicted molar refractivity (Wildman–Crippen MR) is 73.2 cm³/mol. The first-order valence-corrected chi connectivity index (χ1v) is 6.45. The second-order valence-corrected chi connectivity index (χ2v) is 4.50. The number of aliphatic hydroxyl groups excluding tert-OH is 1. The molecule has 0 unspecified atom stereocenters. The van der Waals surface area contributed by atoms with Crippen LogP contribution in [0.3, 0.4) is 0 Å². The smallest absolute Gasteiger partial charge is 0.255 e. The number of aryl methyl sites for hydroxylation is 1. The molecule has 21 heavy (non-hydrogen) atoms. The van der Waals surface area contributed by atoms with E-state index in [0.29, 0.717) is 5.56 Å². The molecule has 0 saturated heterocycles. The van der Waals surface area contributed by atoms with E-state index in [0.717, 1.165) is 10.5 Å². The highest BCUT2D eigenvalue weighted by Gasteiger charge is 2.18. The SMILES string of the molecule is Cc1ccc(C(=O)NCC(=O)N(CCO)CC(F)F)cc1. The number of hydrogen-bond donors (Lipinski definition) is 2. The summed E-state index contributed by atoms with van der Waals surface area (Å²) < 4.78 is 24.6. The number of halogens is 2. The number of carbonyl (C=O) groups excluding carboxylic acids is 2. The minimum absolute atomic E-state index is 0.191. The van der Waals surface area contributed by atoms with Gasteiger partial charge in [0.15, 0.2) is 0 Å². The second kappa shape index (κ2) is 8.31. The Labute approximate surface area is 121 Å². The number of rotatable bonds is 7. The summed E-state index contributed by atoms with van der Waals surface area (Å²) in [5, 5.41) is 11.1. The Balaban J connectivity index is 2.53. The van der Waals surface area contributed by atoms with Crippen molar-refractivity contribution in [3.05, 3.63) is 35.4 Å². The van der Waals surface area contributed by atoms with Crippen LogP contribution in [0.2, 0.25) is 0 Å². The van der Waals surface area contributed by atoms with Gasteiger partial charge < -0.3 is 15.3 Å². The van der Waals surface area contributed by atoms with Crippen molar-refractivity contribution < 1.29 is 23.5 Å². The van der Waals surface area contributed by atoms with Crippen LogP contribution in [-0.2, 0) is 4.79 Å². The van der Waals surface area contributed by atoms with Gasteiger partial charge in [0.2, 0.25) is 5.91 Å². The third kappa shape index (κ3) is 5.86. The van der Waals surface area contributed by atoms with E-state index in [-0.39, 0.29) is 13.1 Å². The topological polar surface area (TPSA) is 69.6 Å². The number of aliphatic hydroxyl groups is 1. The summed E-state index contributed by atoms with van der Waals surface area (Å²) in [4.78, 5) is 24.3. The molecule has 0 spiro atoms. The molecule has 2 amide bonds. The molecule has 1 aromatic carbocycles. The molecule has 0 aliphatic heterocycles. The molecule has 0 aliphatic carbocycles. The fourth-order valence-electron chi connectivity index (χ4n) is 1.68. The van der Waals surface area contributed by atoms with Crippen molar-refractivity contribution in [2.75, 3.05) is 26.2 Å². The number of nitrogens with zero attached hydrogens (tertiary/aromatic N) is 1. The average Bonchev–Trinajstić information content (AvgIpc) is 2.44. The van der Waals surface area contributed by atoms with Gasteiger partial charge in [-0.05, 0) is 19.1 Å². The van der Waals surface area contributed by atoms with E-state index in [1.807, 2.05) is 6.92 Å². The summed E-state index contributed by atoms with van der Waals surface area (Å²) in [6.07, 6.45) is -2.69. The van der Waals surface area contributed by atoms with Crippen molar-refractivity contribution in [1.29, 1.82) is 0 Å². The first kappa shape index (κ1) is 17.0. The number of benzene rings is 1. The van der Waals surface area contributed by atoms with E-state index in [2.05, 4.69) is 5.32 Å². The van der Waals surface area contributed by atoms with Crippen LogP contribution in [0, 0.1) is 6.92 Å². The maximum Gasteiger partial charge on any atom is 0.255 e. The van der Waals surface area contributed by atoms with Crippen LogP contribution < -0.4 is 5.32 Å². The number of alkyl halides is 2. The summed E-state index contributed by atoms with van der Waals surface area (Å²) in [6.45, 7) is 0.121. The molecule has 0 heterocycles. The van der Waals surface area contributed by atoms with Crippen LogP contribution in [0.5, 0.6) is 0 Å². The maximum atomic E-state index is 12.3. The van der Waals surface area contributed by atoms with E-state index in [9.17, 15) is 18.4 Å². The number of nitrogens with one attached hydrogen (secondary N) is 1. The predicted octanol–water partition coefficient (Wildman–Crippen LogP) is 0.811. The van der Waals surface area contributed by atoms with Crippen molar-refractivity contribution in [3.63, 3.8) is 0 Å². The van der Waals surface area contributed by atoms with Crippen LogP contribution in [0.1, 0.15) is 15.9 Å². The van der Waals surface area contributed by atoms with E-state index in [1.54, 1.807) is 24.3 Å². The van der Waals surface area contributed by atoms with Crippen molar-refractivity contribution >= 4 is 11.8 Å². The average molecular weight is 300 g/mol. The number of carbonyl (C=O) groups is 2. The molecular formula is C14H18F2N2O3. The summed E-state index contributed by atoms with van der Waals surface area (Å²) in [5.41, 5.74) is 1.38. The lowest BCUT2D eigenvalue weighted by Gasteiger charge is -2.21. The van der Waals surface area contributed by atoms with Gasteiger partial charge in [0.1, 0.15) is 0 Å². The Morgan fingerprint density at radius 3 is 2.43 bits per heavy atom. The quantitative estimate of drug-likeness (QED) is 0.783. The third-order valence-electron chi connectivity index (χ3n) is 2.79. The highest BCUT2D eigenvalue weighted by atomic mass is 19.3. The number of hydrogen-bond acceptors (Lipinski definition) is 3. The molecule has 5 nitrogen and oxygen atoms in total. The lowest BCUT2D eigenvalue weighted by atomic mass is 10.1. The van der Waals surface area contributed by atoms with Gasteiger partial charge in [-0.1, -0.05) is 17.7 Å². The van der Waals surface area contributed by atoms with Crippen molar-refractivity contribution in [2.24, 2.45) is 0 Å². The van der Waals surface area contributed by atoms with Crippen molar-refractivity contribution in [2.45, 2.75) is 13.3 Å². The fraction of sp³-hybridized carbons (Fsp3) is 0.429. The molecule has 116 valence electrons. The van der Waals surface area contributed by atoms with Crippen LogP contribution >= 0.6 is 0 Å². The minimum Gasteiger partial charge on any atom is -0.395 e. The summed E-state index contributed by atoms with van der Waals surface area (Å²) >= 11 is 0. The second-order valence-electron chi connectivity index (χ2n) is 4.50. The molecular weight excluding hydrogens is 282 g/mol.